The molecule has 0 radical (unpaired) electrons. The van der Waals surface area contributed by atoms with Gasteiger partial charge in [-0.25, -0.2) is 13.9 Å². The number of carbonyl (C=O) groups is 1. The minimum Gasteiger partial charge on any atom is -0.449 e. The van der Waals surface area contributed by atoms with Crippen LogP contribution in [0.2, 0.25) is 0 Å². The predicted molar refractivity (Wildman–Crippen MR) is 66.8 cm³/mol. The van der Waals surface area contributed by atoms with Crippen molar-refractivity contribution < 1.29 is 22.3 Å². The third-order valence-electron chi connectivity index (χ3n) is 1.66. The molecule has 0 aliphatic heterocycles. The summed E-state index contributed by atoms with van der Waals surface area (Å²) < 4.78 is 44.2. The van der Waals surface area contributed by atoms with E-state index < -0.39 is 22.1 Å². The van der Waals surface area contributed by atoms with E-state index in [1.165, 1.54) is 19.1 Å². The maximum Gasteiger partial charge on any atom is 0.422 e. The molecule has 0 unspecified atom stereocenters. The SMILES string of the molecule is CCOC(=O)NS(=O)(=O)Nc1ccc(Br)c(F)c1. The molecule has 2 N–H and O–H groups in total. The highest BCUT2D eigenvalue weighted by atomic mass is 79.9. The molecule has 0 fully saturated rings. The van der Waals surface area contributed by atoms with Crippen molar-refractivity contribution in [2.45, 2.75) is 6.92 Å². The average molecular weight is 341 g/mol. The fraction of sp³-hybridized carbons (Fsp3) is 0.222. The lowest BCUT2D eigenvalue weighted by atomic mass is 10.3. The second-order valence-corrected chi connectivity index (χ2v) is 5.33. The quantitative estimate of drug-likeness (QED) is 0.877. The van der Waals surface area contributed by atoms with Crippen molar-refractivity contribution in [1.82, 2.24) is 4.72 Å². The third-order valence-corrected chi connectivity index (χ3v) is 3.25. The molecule has 0 spiro atoms. The smallest absolute Gasteiger partial charge is 0.422 e. The summed E-state index contributed by atoms with van der Waals surface area (Å²) in [4.78, 5) is 10.9. The van der Waals surface area contributed by atoms with Crippen molar-refractivity contribution in [3.8, 4) is 0 Å². The van der Waals surface area contributed by atoms with Gasteiger partial charge in [0.25, 0.3) is 0 Å². The van der Waals surface area contributed by atoms with E-state index in [0.717, 1.165) is 6.07 Å². The number of hydrogen-bond acceptors (Lipinski definition) is 4. The van der Waals surface area contributed by atoms with Crippen LogP contribution in [0.4, 0.5) is 14.9 Å². The standard InChI is InChI=1S/C9H10BrFN2O4S/c1-2-17-9(14)13-18(15,16)12-6-3-4-7(10)8(11)5-6/h3-5,12H,2H2,1H3,(H,13,14). The number of carbonyl (C=O) groups excluding carboxylic acids is 1. The van der Waals surface area contributed by atoms with Gasteiger partial charge in [0.05, 0.1) is 16.8 Å². The molecule has 1 rings (SSSR count). The van der Waals surface area contributed by atoms with E-state index in [2.05, 4.69) is 20.7 Å². The Labute approximate surface area is 112 Å². The Morgan fingerprint density at radius 1 is 1.50 bits per heavy atom. The molecular weight excluding hydrogens is 331 g/mol. The van der Waals surface area contributed by atoms with Crippen LogP contribution in [0.25, 0.3) is 0 Å². The Balaban J connectivity index is 2.76. The normalized spacial score (nSPS) is 10.8. The van der Waals surface area contributed by atoms with E-state index in [9.17, 15) is 17.6 Å². The first kappa shape index (κ1) is 14.7. The molecule has 100 valence electrons. The maximum absolute atomic E-state index is 13.1. The number of anilines is 1. The van der Waals surface area contributed by atoms with Gasteiger partial charge in [0.1, 0.15) is 5.82 Å². The number of nitrogens with one attached hydrogen (secondary N) is 2. The van der Waals surface area contributed by atoms with Crippen LogP contribution >= 0.6 is 15.9 Å². The molecule has 18 heavy (non-hydrogen) atoms. The number of ether oxygens (including phenoxy) is 1. The van der Waals surface area contributed by atoms with Crippen LogP contribution in [0.15, 0.2) is 22.7 Å². The third kappa shape index (κ3) is 4.49. The summed E-state index contributed by atoms with van der Waals surface area (Å²) in [5.41, 5.74) is -0.0208. The first-order valence-electron chi connectivity index (χ1n) is 4.76. The van der Waals surface area contributed by atoms with Crippen LogP contribution < -0.4 is 9.44 Å². The monoisotopic (exact) mass is 340 g/mol. The van der Waals surface area contributed by atoms with Crippen molar-refractivity contribution in [2.75, 3.05) is 11.3 Å². The minimum atomic E-state index is -4.14. The lowest BCUT2D eigenvalue weighted by Crippen LogP contribution is -2.35. The van der Waals surface area contributed by atoms with Crippen LogP contribution in [-0.4, -0.2) is 21.1 Å². The fourth-order valence-corrected chi connectivity index (χ4v) is 2.02. The van der Waals surface area contributed by atoms with Crippen LogP contribution in [-0.2, 0) is 14.9 Å². The van der Waals surface area contributed by atoms with Gasteiger partial charge >= 0.3 is 16.3 Å². The van der Waals surface area contributed by atoms with Gasteiger partial charge in [0.15, 0.2) is 0 Å². The summed E-state index contributed by atoms with van der Waals surface area (Å²) in [6.45, 7) is 1.57. The zero-order valence-corrected chi connectivity index (χ0v) is 11.6. The molecule has 1 aromatic rings. The van der Waals surface area contributed by atoms with Crippen LogP contribution in [0.3, 0.4) is 0 Å². The molecule has 0 aliphatic carbocycles. The second-order valence-electron chi connectivity index (χ2n) is 3.06. The molecule has 0 saturated carbocycles. The molecule has 9 heteroatoms. The molecule has 0 aromatic heterocycles. The highest BCUT2D eigenvalue weighted by Crippen LogP contribution is 2.19. The lowest BCUT2D eigenvalue weighted by Gasteiger charge is -2.09. The molecule has 1 amide bonds. The molecule has 0 atom stereocenters. The molecule has 6 nitrogen and oxygen atoms in total. The Morgan fingerprint density at radius 3 is 2.72 bits per heavy atom. The largest absolute Gasteiger partial charge is 0.449 e. The summed E-state index contributed by atoms with van der Waals surface area (Å²) in [5.74, 6) is -0.633. The van der Waals surface area contributed by atoms with Gasteiger partial charge in [-0.2, -0.15) is 8.42 Å². The van der Waals surface area contributed by atoms with Gasteiger partial charge in [-0.15, -0.1) is 0 Å². The van der Waals surface area contributed by atoms with E-state index in [0.29, 0.717) is 0 Å². The summed E-state index contributed by atoms with van der Waals surface area (Å²) in [7, 11) is -4.14. The van der Waals surface area contributed by atoms with E-state index >= 15 is 0 Å². The zero-order chi connectivity index (χ0) is 13.8. The van der Waals surface area contributed by atoms with Crippen molar-refractivity contribution >= 4 is 37.9 Å². The summed E-state index contributed by atoms with van der Waals surface area (Å²) >= 11 is 2.93. The van der Waals surface area contributed by atoms with Gasteiger partial charge in [-0.1, -0.05) is 0 Å². The maximum atomic E-state index is 13.1. The Morgan fingerprint density at radius 2 is 2.17 bits per heavy atom. The average Bonchev–Trinajstić information content (AvgIpc) is 2.22. The second kappa shape index (κ2) is 6.01. The van der Waals surface area contributed by atoms with Gasteiger partial charge in [-0.3, -0.25) is 4.72 Å². The van der Waals surface area contributed by atoms with Crippen LogP contribution in [0.1, 0.15) is 6.92 Å². The van der Waals surface area contributed by atoms with Gasteiger partial charge < -0.3 is 4.74 Å². The molecule has 0 heterocycles. The highest BCUT2D eigenvalue weighted by Gasteiger charge is 2.15. The van der Waals surface area contributed by atoms with Crippen molar-refractivity contribution in [1.29, 1.82) is 0 Å². The van der Waals surface area contributed by atoms with E-state index in [1.807, 2.05) is 4.72 Å². The topological polar surface area (TPSA) is 84.5 Å². The van der Waals surface area contributed by atoms with Crippen molar-refractivity contribution in [2.24, 2.45) is 0 Å². The molecular formula is C9H10BrFN2O4S. The van der Waals surface area contributed by atoms with E-state index in [-0.39, 0.29) is 16.8 Å². The Kier molecular flexibility index (Phi) is 4.91. The fourth-order valence-electron chi connectivity index (χ4n) is 1.01. The molecule has 0 bridgehead atoms. The van der Waals surface area contributed by atoms with Gasteiger partial charge in [0.2, 0.25) is 0 Å². The number of rotatable bonds is 4. The van der Waals surface area contributed by atoms with Gasteiger partial charge in [-0.05, 0) is 41.1 Å². The molecule has 1 aromatic carbocycles. The van der Waals surface area contributed by atoms with Gasteiger partial charge in [0, 0.05) is 0 Å². The van der Waals surface area contributed by atoms with Crippen LogP contribution in [0.5, 0.6) is 0 Å². The first-order chi connectivity index (χ1) is 8.34. The van der Waals surface area contributed by atoms with Crippen LogP contribution in [0, 0.1) is 5.82 Å². The first-order valence-corrected chi connectivity index (χ1v) is 7.04. The summed E-state index contributed by atoms with van der Waals surface area (Å²) in [6.07, 6.45) is -1.11. The number of amides is 1. The number of hydrogen-bond donors (Lipinski definition) is 2. The lowest BCUT2D eigenvalue weighted by molar-refractivity contribution is 0.159. The zero-order valence-electron chi connectivity index (χ0n) is 9.24. The number of benzene rings is 1. The van der Waals surface area contributed by atoms with E-state index in [4.69, 9.17) is 0 Å². The Hall–Kier alpha value is -1.35. The van der Waals surface area contributed by atoms with Crippen molar-refractivity contribution in [3.63, 3.8) is 0 Å². The Bertz CT molecular complexity index is 549. The van der Waals surface area contributed by atoms with E-state index in [1.54, 1.807) is 4.72 Å². The molecule has 0 aliphatic rings. The highest BCUT2D eigenvalue weighted by molar-refractivity contribution is 9.10. The summed E-state index contributed by atoms with van der Waals surface area (Å²) in [6, 6.07) is 3.63. The van der Waals surface area contributed by atoms with Crippen molar-refractivity contribution in [3.05, 3.63) is 28.5 Å². The predicted octanol–water partition coefficient (Wildman–Crippen LogP) is 1.99. The minimum absolute atomic E-state index is 0.0208. The molecule has 0 saturated heterocycles. The number of halogens is 2. The summed E-state index contributed by atoms with van der Waals surface area (Å²) in [5, 5.41) is 0.